The number of halogens is 1. The van der Waals surface area contributed by atoms with E-state index >= 15 is 0 Å². The van der Waals surface area contributed by atoms with Gasteiger partial charge < -0.3 is 10.1 Å². The molecule has 3 aromatic rings. The predicted octanol–water partition coefficient (Wildman–Crippen LogP) is 3.93. The van der Waals surface area contributed by atoms with Crippen LogP contribution in [0.1, 0.15) is 5.56 Å². The van der Waals surface area contributed by atoms with Gasteiger partial charge in [-0.15, -0.1) is 0 Å². The molecule has 0 spiro atoms. The van der Waals surface area contributed by atoms with E-state index in [-0.39, 0.29) is 0 Å². The van der Waals surface area contributed by atoms with Crippen LogP contribution in [0, 0.1) is 0 Å². The molecular weight excluding hydrogens is 284 g/mol. The largest absolute Gasteiger partial charge is 0.497 e. The van der Waals surface area contributed by atoms with Crippen LogP contribution < -0.4 is 15.0 Å². The van der Waals surface area contributed by atoms with Gasteiger partial charge in [-0.3, -0.25) is 0 Å². The lowest BCUT2D eigenvalue weighted by atomic mass is 10.1. The molecule has 3 nitrogen and oxygen atoms in total. The van der Waals surface area contributed by atoms with E-state index in [1.54, 1.807) is 7.11 Å². The van der Waals surface area contributed by atoms with Crippen molar-refractivity contribution in [2.24, 2.45) is 0 Å². The fourth-order valence-corrected chi connectivity index (χ4v) is 2.48. The molecule has 0 aliphatic rings. The number of aromatic amines is 1. The summed E-state index contributed by atoms with van der Waals surface area (Å²) in [5.41, 5.74) is 3.26. The second kappa shape index (κ2) is 6.02. The summed E-state index contributed by atoms with van der Waals surface area (Å²) < 4.78 is 5.24. The number of fused-ring (bicyclic) bond motifs is 1. The number of pyridine rings is 1. The Labute approximate surface area is 128 Å². The van der Waals surface area contributed by atoms with E-state index in [4.69, 9.17) is 16.3 Å². The molecule has 0 amide bonds. The van der Waals surface area contributed by atoms with Crippen LogP contribution in [0.25, 0.3) is 10.9 Å². The molecule has 0 fully saturated rings. The van der Waals surface area contributed by atoms with E-state index in [0.29, 0.717) is 0 Å². The Kier molecular flexibility index (Phi) is 3.93. The van der Waals surface area contributed by atoms with E-state index in [1.807, 2.05) is 48.7 Å². The maximum absolute atomic E-state index is 6.02. The first-order chi connectivity index (χ1) is 10.3. The number of rotatable bonds is 4. The van der Waals surface area contributed by atoms with Gasteiger partial charge in [0.2, 0.25) is 5.52 Å². The van der Waals surface area contributed by atoms with E-state index in [2.05, 4.69) is 16.4 Å². The zero-order valence-electron chi connectivity index (χ0n) is 11.7. The van der Waals surface area contributed by atoms with Crippen LogP contribution in [0.2, 0.25) is 5.02 Å². The molecule has 0 unspecified atom stereocenters. The number of ether oxygens (including phenoxy) is 1. The van der Waals surface area contributed by atoms with Crippen molar-refractivity contribution in [2.75, 3.05) is 12.4 Å². The number of hydrogen-bond acceptors (Lipinski definition) is 2. The van der Waals surface area contributed by atoms with E-state index in [0.717, 1.165) is 33.9 Å². The molecule has 0 atom stereocenters. The summed E-state index contributed by atoms with van der Waals surface area (Å²) in [6, 6.07) is 15.9. The van der Waals surface area contributed by atoms with Gasteiger partial charge in [-0.1, -0.05) is 23.7 Å². The summed E-state index contributed by atoms with van der Waals surface area (Å²) >= 11 is 6.02. The van der Waals surface area contributed by atoms with Crippen LogP contribution in [0.5, 0.6) is 5.75 Å². The van der Waals surface area contributed by atoms with Crippen LogP contribution in [-0.2, 0) is 6.54 Å². The Bertz CT molecular complexity index is 774. The molecule has 106 valence electrons. The average Bonchev–Trinajstić information content (AvgIpc) is 2.52. The molecule has 0 saturated carbocycles. The van der Waals surface area contributed by atoms with Gasteiger partial charge >= 0.3 is 0 Å². The molecule has 0 aliphatic carbocycles. The number of hydrogen-bond donors (Lipinski definition) is 1. The number of anilines is 1. The van der Waals surface area contributed by atoms with Crippen LogP contribution in [0.3, 0.4) is 0 Å². The molecule has 21 heavy (non-hydrogen) atoms. The number of aromatic nitrogens is 1. The highest BCUT2D eigenvalue weighted by Crippen LogP contribution is 2.23. The maximum Gasteiger partial charge on any atom is 0.214 e. The zero-order valence-corrected chi connectivity index (χ0v) is 12.4. The lowest BCUT2D eigenvalue weighted by Gasteiger charge is -2.09. The topological polar surface area (TPSA) is 35.4 Å². The van der Waals surface area contributed by atoms with Gasteiger partial charge in [-0.25, -0.2) is 4.98 Å². The molecule has 2 N–H and O–H groups in total. The molecule has 0 saturated heterocycles. The predicted molar refractivity (Wildman–Crippen MR) is 85.8 cm³/mol. The van der Waals surface area contributed by atoms with Crippen molar-refractivity contribution < 1.29 is 9.72 Å². The normalized spacial score (nSPS) is 10.6. The summed E-state index contributed by atoms with van der Waals surface area (Å²) in [5, 5.41) is 5.30. The van der Waals surface area contributed by atoms with Gasteiger partial charge in [-0.2, -0.15) is 0 Å². The first-order valence-corrected chi connectivity index (χ1v) is 7.11. The van der Waals surface area contributed by atoms with Crippen LogP contribution in [0.4, 0.5) is 5.69 Å². The Hall–Kier alpha value is -2.26. The van der Waals surface area contributed by atoms with Gasteiger partial charge in [0.05, 0.1) is 18.2 Å². The minimum Gasteiger partial charge on any atom is -0.497 e. The summed E-state index contributed by atoms with van der Waals surface area (Å²) in [4.78, 5) is 3.20. The van der Waals surface area contributed by atoms with Crippen molar-refractivity contribution in [1.82, 2.24) is 0 Å². The fraction of sp³-hybridized carbons (Fsp3) is 0.118. The second-order valence-electron chi connectivity index (χ2n) is 4.79. The first kappa shape index (κ1) is 13.7. The lowest BCUT2D eigenvalue weighted by Crippen LogP contribution is -2.06. The Morgan fingerprint density at radius 3 is 2.90 bits per heavy atom. The molecule has 3 rings (SSSR count). The van der Waals surface area contributed by atoms with Gasteiger partial charge in [-0.05, 0) is 29.8 Å². The second-order valence-corrected chi connectivity index (χ2v) is 5.22. The van der Waals surface area contributed by atoms with E-state index < -0.39 is 0 Å². The third-order valence-corrected chi connectivity index (χ3v) is 3.61. The summed E-state index contributed by atoms with van der Waals surface area (Å²) in [6.45, 7) is 0.735. The van der Waals surface area contributed by atoms with Gasteiger partial charge in [0.1, 0.15) is 5.75 Å². The standard InChI is InChI=1S/C17H15ClN2O/c1-21-14-4-2-3-12(9-14)11-20-16-7-8-19-17-10-13(18)5-6-15(16)17/h2-10H,11H2,1H3,(H,19,20)/p+1. The first-order valence-electron chi connectivity index (χ1n) is 6.73. The molecule has 2 aromatic carbocycles. The van der Waals surface area contributed by atoms with Crippen LogP contribution in [-0.4, -0.2) is 7.11 Å². The third-order valence-electron chi connectivity index (χ3n) is 3.38. The number of methoxy groups -OCH3 is 1. The molecular formula is C17H16ClN2O+. The SMILES string of the molecule is COc1cccc(CNc2cc[nH+]c3cc(Cl)ccc23)c1. The van der Waals surface area contributed by atoms with Crippen molar-refractivity contribution in [3.05, 3.63) is 65.3 Å². The van der Waals surface area contributed by atoms with Gasteiger partial charge in [0, 0.05) is 23.7 Å². The Morgan fingerprint density at radius 2 is 2.05 bits per heavy atom. The minimum atomic E-state index is 0.726. The van der Waals surface area contributed by atoms with Crippen LogP contribution >= 0.6 is 11.6 Å². The van der Waals surface area contributed by atoms with Crippen molar-refractivity contribution >= 4 is 28.2 Å². The summed E-state index contributed by atoms with van der Waals surface area (Å²) in [6.07, 6.45) is 1.91. The van der Waals surface area contributed by atoms with Crippen LogP contribution in [0.15, 0.2) is 54.7 Å². The molecule has 1 heterocycles. The fourth-order valence-electron chi connectivity index (χ4n) is 2.31. The maximum atomic E-state index is 6.02. The summed E-state index contributed by atoms with van der Waals surface area (Å²) in [5.74, 6) is 0.868. The van der Waals surface area contributed by atoms with E-state index in [9.17, 15) is 0 Å². The van der Waals surface area contributed by atoms with Crippen molar-refractivity contribution in [3.63, 3.8) is 0 Å². The monoisotopic (exact) mass is 299 g/mol. The Balaban J connectivity index is 1.84. The average molecular weight is 300 g/mol. The lowest BCUT2D eigenvalue weighted by molar-refractivity contribution is -0.344. The molecule has 0 bridgehead atoms. The quantitative estimate of drug-likeness (QED) is 0.792. The molecule has 4 heteroatoms. The van der Waals surface area contributed by atoms with E-state index in [1.165, 1.54) is 5.56 Å². The van der Waals surface area contributed by atoms with Crippen molar-refractivity contribution in [2.45, 2.75) is 6.54 Å². The van der Waals surface area contributed by atoms with Gasteiger partial charge in [0.25, 0.3) is 0 Å². The summed E-state index contributed by atoms with van der Waals surface area (Å²) in [7, 11) is 1.68. The van der Waals surface area contributed by atoms with Crippen molar-refractivity contribution in [3.8, 4) is 5.75 Å². The number of benzene rings is 2. The highest BCUT2D eigenvalue weighted by atomic mass is 35.5. The Morgan fingerprint density at radius 1 is 1.14 bits per heavy atom. The number of nitrogens with one attached hydrogen (secondary N) is 2. The molecule has 0 aliphatic heterocycles. The molecule has 0 radical (unpaired) electrons. The smallest absolute Gasteiger partial charge is 0.214 e. The number of H-pyrrole nitrogens is 1. The van der Waals surface area contributed by atoms with Gasteiger partial charge in [0.15, 0.2) is 6.20 Å². The third kappa shape index (κ3) is 3.09. The highest BCUT2D eigenvalue weighted by molar-refractivity contribution is 6.31. The highest BCUT2D eigenvalue weighted by Gasteiger charge is 2.07. The molecule has 1 aromatic heterocycles. The van der Waals surface area contributed by atoms with Crippen molar-refractivity contribution in [1.29, 1.82) is 0 Å². The minimum absolute atomic E-state index is 0.726. The zero-order chi connectivity index (χ0) is 14.7.